The van der Waals surface area contributed by atoms with E-state index in [1.807, 2.05) is 0 Å². The van der Waals surface area contributed by atoms with Crippen LogP contribution in [-0.4, -0.2) is 21.9 Å². The third kappa shape index (κ3) is 2.55. The molecular weight excluding hydrogens is 192 g/mol. The minimum Gasteiger partial charge on any atom is -0.368 e. The molecule has 5 nitrogen and oxygen atoms in total. The van der Waals surface area contributed by atoms with Crippen LogP contribution < -0.4 is 11.1 Å². The fraction of sp³-hybridized carbons (Fsp3) is 0.286. The van der Waals surface area contributed by atoms with Crippen LogP contribution in [-0.2, 0) is 4.79 Å². The van der Waals surface area contributed by atoms with Gasteiger partial charge in [0.1, 0.15) is 6.04 Å². The zero-order valence-corrected chi connectivity index (χ0v) is 7.75. The zero-order valence-electron chi connectivity index (χ0n) is 6.99. The molecule has 0 fully saturated rings. The molecule has 1 atom stereocenters. The molecule has 1 unspecified atom stereocenters. The number of anilines is 1. The number of aromatic nitrogens is 2. The topological polar surface area (TPSA) is 80.9 Å². The minimum absolute atomic E-state index is 0.218. The molecule has 0 bridgehead atoms. The summed E-state index contributed by atoms with van der Waals surface area (Å²) in [6, 6.07) is -0.519. The second kappa shape index (κ2) is 4.04. The molecular formula is C7H9ClN4O. The number of carbonyl (C=O) groups excluding carboxylic acids is 1. The van der Waals surface area contributed by atoms with E-state index in [1.54, 1.807) is 6.92 Å². The van der Waals surface area contributed by atoms with Crippen LogP contribution >= 0.6 is 11.6 Å². The Bertz CT molecular complexity index is 317. The number of carbonyl (C=O) groups is 1. The van der Waals surface area contributed by atoms with E-state index in [4.69, 9.17) is 17.3 Å². The predicted molar refractivity (Wildman–Crippen MR) is 49.3 cm³/mol. The van der Waals surface area contributed by atoms with Crippen molar-refractivity contribution in [3.63, 3.8) is 0 Å². The third-order valence-corrected chi connectivity index (χ3v) is 1.71. The van der Waals surface area contributed by atoms with Crippen molar-refractivity contribution in [2.24, 2.45) is 5.73 Å². The van der Waals surface area contributed by atoms with Crippen LogP contribution in [0.25, 0.3) is 0 Å². The van der Waals surface area contributed by atoms with Crippen LogP contribution in [0.15, 0.2) is 12.4 Å². The Balaban J connectivity index is 2.74. The zero-order chi connectivity index (χ0) is 9.84. The molecule has 0 saturated heterocycles. The molecule has 1 heterocycles. The second-order valence-electron chi connectivity index (χ2n) is 2.46. The highest BCUT2D eigenvalue weighted by atomic mass is 35.5. The number of halogens is 1. The molecule has 70 valence electrons. The summed E-state index contributed by atoms with van der Waals surface area (Å²) in [5, 5.41) is 2.95. The van der Waals surface area contributed by atoms with E-state index >= 15 is 0 Å². The van der Waals surface area contributed by atoms with Crippen LogP contribution in [0, 0.1) is 0 Å². The first kappa shape index (κ1) is 9.73. The lowest BCUT2D eigenvalue weighted by atomic mass is 10.3. The molecule has 0 aliphatic heterocycles. The average molecular weight is 201 g/mol. The molecule has 1 aromatic rings. The highest BCUT2D eigenvalue weighted by Crippen LogP contribution is 2.14. The number of hydrogen-bond donors (Lipinski definition) is 2. The lowest BCUT2D eigenvalue weighted by Crippen LogP contribution is -2.32. The molecule has 6 heteroatoms. The normalized spacial score (nSPS) is 12.2. The number of nitrogens with two attached hydrogens (primary N) is 1. The van der Waals surface area contributed by atoms with Gasteiger partial charge in [0.2, 0.25) is 5.91 Å². The molecule has 1 rings (SSSR count). The largest absolute Gasteiger partial charge is 0.368 e. The van der Waals surface area contributed by atoms with Gasteiger partial charge < -0.3 is 11.1 Å². The van der Waals surface area contributed by atoms with Gasteiger partial charge in [0.15, 0.2) is 11.0 Å². The number of amides is 1. The van der Waals surface area contributed by atoms with Crippen LogP contribution in [0.2, 0.25) is 5.15 Å². The molecule has 0 aliphatic rings. The van der Waals surface area contributed by atoms with Crippen molar-refractivity contribution < 1.29 is 4.79 Å². The van der Waals surface area contributed by atoms with Gasteiger partial charge in [-0.1, -0.05) is 11.6 Å². The summed E-state index contributed by atoms with van der Waals surface area (Å²) < 4.78 is 0. The predicted octanol–water partition coefficient (Wildman–Crippen LogP) is 0.416. The summed E-state index contributed by atoms with van der Waals surface area (Å²) in [5.74, 6) is -0.114. The van der Waals surface area contributed by atoms with Crippen molar-refractivity contribution in [2.45, 2.75) is 13.0 Å². The fourth-order valence-electron chi connectivity index (χ4n) is 0.694. The maximum atomic E-state index is 10.7. The van der Waals surface area contributed by atoms with Gasteiger partial charge in [0.25, 0.3) is 0 Å². The Kier molecular flexibility index (Phi) is 3.02. The van der Waals surface area contributed by atoms with Crippen molar-refractivity contribution in [3.8, 4) is 0 Å². The average Bonchev–Trinajstić information content (AvgIpc) is 2.08. The molecule has 1 amide bonds. The first-order valence-electron chi connectivity index (χ1n) is 3.63. The van der Waals surface area contributed by atoms with E-state index in [-0.39, 0.29) is 5.15 Å². The smallest absolute Gasteiger partial charge is 0.239 e. The SMILES string of the molecule is CC(Nc1nccnc1Cl)C(N)=O. The van der Waals surface area contributed by atoms with Gasteiger partial charge in [0, 0.05) is 12.4 Å². The molecule has 0 radical (unpaired) electrons. The fourth-order valence-corrected chi connectivity index (χ4v) is 0.854. The van der Waals surface area contributed by atoms with E-state index in [2.05, 4.69) is 15.3 Å². The van der Waals surface area contributed by atoms with Gasteiger partial charge in [-0.05, 0) is 6.92 Å². The summed E-state index contributed by atoms with van der Waals surface area (Å²) in [4.78, 5) is 18.4. The maximum Gasteiger partial charge on any atom is 0.239 e. The van der Waals surface area contributed by atoms with Gasteiger partial charge in [0.05, 0.1) is 0 Å². The van der Waals surface area contributed by atoms with Crippen molar-refractivity contribution in [1.29, 1.82) is 0 Å². The van der Waals surface area contributed by atoms with Crippen molar-refractivity contribution in [2.75, 3.05) is 5.32 Å². The first-order chi connectivity index (χ1) is 6.11. The highest BCUT2D eigenvalue weighted by molar-refractivity contribution is 6.31. The summed E-state index contributed by atoms with van der Waals surface area (Å²) in [6.45, 7) is 1.62. The second-order valence-corrected chi connectivity index (χ2v) is 2.82. The molecule has 0 saturated carbocycles. The lowest BCUT2D eigenvalue weighted by molar-refractivity contribution is -0.118. The summed E-state index contributed by atoms with van der Waals surface area (Å²) in [7, 11) is 0. The summed E-state index contributed by atoms with van der Waals surface area (Å²) in [5.41, 5.74) is 5.04. The van der Waals surface area contributed by atoms with Gasteiger partial charge >= 0.3 is 0 Å². The summed E-state index contributed by atoms with van der Waals surface area (Å²) >= 11 is 5.68. The van der Waals surface area contributed by atoms with Gasteiger partial charge in [-0.15, -0.1) is 0 Å². The van der Waals surface area contributed by atoms with Gasteiger partial charge in [-0.2, -0.15) is 0 Å². The Morgan fingerprint density at radius 1 is 1.62 bits per heavy atom. The van der Waals surface area contributed by atoms with Crippen LogP contribution in [0.4, 0.5) is 5.82 Å². The number of rotatable bonds is 3. The molecule has 0 aromatic carbocycles. The van der Waals surface area contributed by atoms with Crippen LogP contribution in [0.3, 0.4) is 0 Å². The standard InChI is InChI=1S/C7H9ClN4O/c1-4(6(9)13)12-7-5(8)10-2-3-11-7/h2-4H,1H3,(H2,9,13)(H,11,12). The summed E-state index contributed by atoms with van der Waals surface area (Å²) in [6.07, 6.45) is 2.93. The molecule has 3 N–H and O–H groups in total. The number of nitrogens with zero attached hydrogens (tertiary/aromatic N) is 2. The lowest BCUT2D eigenvalue weighted by Gasteiger charge is -2.10. The van der Waals surface area contributed by atoms with Crippen molar-refractivity contribution in [3.05, 3.63) is 17.5 Å². The molecule has 0 aliphatic carbocycles. The van der Waals surface area contributed by atoms with Crippen LogP contribution in [0.1, 0.15) is 6.92 Å². The van der Waals surface area contributed by atoms with E-state index in [1.165, 1.54) is 12.4 Å². The Morgan fingerprint density at radius 3 is 2.77 bits per heavy atom. The van der Waals surface area contributed by atoms with Gasteiger partial charge in [-0.3, -0.25) is 4.79 Å². The van der Waals surface area contributed by atoms with Gasteiger partial charge in [-0.25, -0.2) is 9.97 Å². The van der Waals surface area contributed by atoms with Crippen molar-refractivity contribution in [1.82, 2.24) is 9.97 Å². The number of nitrogens with one attached hydrogen (secondary N) is 1. The van der Waals surface area contributed by atoms with E-state index in [0.717, 1.165) is 0 Å². The third-order valence-electron chi connectivity index (χ3n) is 1.43. The minimum atomic E-state index is -0.519. The van der Waals surface area contributed by atoms with E-state index in [9.17, 15) is 4.79 Å². The van der Waals surface area contributed by atoms with Crippen LogP contribution in [0.5, 0.6) is 0 Å². The number of primary amides is 1. The maximum absolute atomic E-state index is 10.7. The van der Waals surface area contributed by atoms with E-state index < -0.39 is 11.9 Å². The quantitative estimate of drug-likeness (QED) is 0.741. The Hall–Kier alpha value is -1.36. The Labute approximate surface area is 80.3 Å². The Morgan fingerprint density at radius 2 is 2.23 bits per heavy atom. The highest BCUT2D eigenvalue weighted by Gasteiger charge is 2.10. The number of hydrogen-bond acceptors (Lipinski definition) is 4. The van der Waals surface area contributed by atoms with Crippen molar-refractivity contribution >= 4 is 23.3 Å². The molecule has 0 spiro atoms. The molecule has 1 aromatic heterocycles. The monoisotopic (exact) mass is 200 g/mol. The first-order valence-corrected chi connectivity index (χ1v) is 4.01. The van der Waals surface area contributed by atoms with E-state index in [0.29, 0.717) is 5.82 Å². The molecule has 13 heavy (non-hydrogen) atoms.